The summed E-state index contributed by atoms with van der Waals surface area (Å²) in [6.45, 7) is 2.83. The van der Waals surface area contributed by atoms with E-state index in [-0.39, 0.29) is 0 Å². The zero-order valence-corrected chi connectivity index (χ0v) is 12.7. The summed E-state index contributed by atoms with van der Waals surface area (Å²) >= 11 is 1.63. The Kier molecular flexibility index (Phi) is 3.72. The molecule has 3 rings (SSSR count). The number of hydrogen-bond donors (Lipinski definition) is 3. The summed E-state index contributed by atoms with van der Waals surface area (Å²) in [6, 6.07) is 2.09. The van der Waals surface area contributed by atoms with Crippen LogP contribution >= 0.6 is 11.3 Å². The van der Waals surface area contributed by atoms with Crippen LogP contribution in [0.3, 0.4) is 0 Å². The molecule has 7 nitrogen and oxygen atoms in total. The number of hydrazine groups is 1. The van der Waals surface area contributed by atoms with Gasteiger partial charge in [-0.3, -0.25) is 10.1 Å². The van der Waals surface area contributed by atoms with Gasteiger partial charge in [0.05, 0.1) is 11.6 Å². The molecule has 0 aliphatic carbocycles. The first-order valence-electron chi connectivity index (χ1n) is 6.62. The van der Waals surface area contributed by atoms with E-state index in [1.165, 1.54) is 10.4 Å². The molecule has 3 heterocycles. The first kappa shape index (κ1) is 13.8. The first-order chi connectivity index (χ1) is 10.2. The zero-order valence-electron chi connectivity index (χ0n) is 11.9. The molecule has 0 bridgehead atoms. The topological polar surface area (TPSA) is 93.7 Å². The number of anilines is 2. The van der Waals surface area contributed by atoms with E-state index in [1.807, 2.05) is 19.4 Å². The van der Waals surface area contributed by atoms with Gasteiger partial charge in [-0.05, 0) is 25.0 Å². The van der Waals surface area contributed by atoms with E-state index >= 15 is 0 Å². The average Bonchev–Trinajstić information content (AvgIpc) is 3.03. The molecule has 0 amide bonds. The maximum absolute atomic E-state index is 5.43. The second-order valence-corrected chi connectivity index (χ2v) is 6.05. The summed E-state index contributed by atoms with van der Waals surface area (Å²) in [5.41, 5.74) is 3.70. The Bertz CT molecular complexity index is 761. The lowest BCUT2D eigenvalue weighted by Gasteiger charge is -2.07. The van der Waals surface area contributed by atoms with Crippen molar-refractivity contribution in [1.29, 1.82) is 0 Å². The van der Waals surface area contributed by atoms with Crippen LogP contribution in [0.1, 0.15) is 10.4 Å². The Morgan fingerprint density at radius 2 is 2.24 bits per heavy atom. The van der Waals surface area contributed by atoms with Gasteiger partial charge in [0.1, 0.15) is 10.6 Å². The van der Waals surface area contributed by atoms with Gasteiger partial charge >= 0.3 is 0 Å². The summed E-state index contributed by atoms with van der Waals surface area (Å²) in [6.07, 6.45) is 4.77. The summed E-state index contributed by atoms with van der Waals surface area (Å²) < 4.78 is 1.80. The third kappa shape index (κ3) is 2.96. The fraction of sp³-hybridized carbons (Fsp3) is 0.308. The quantitative estimate of drug-likeness (QED) is 0.490. The minimum atomic E-state index is 0.424. The molecular weight excluding hydrogens is 286 g/mol. The molecule has 0 aromatic carbocycles. The molecule has 0 atom stereocenters. The fourth-order valence-corrected chi connectivity index (χ4v) is 3.05. The first-order valence-corrected chi connectivity index (χ1v) is 7.43. The van der Waals surface area contributed by atoms with Crippen molar-refractivity contribution in [2.75, 3.05) is 17.3 Å². The second-order valence-electron chi connectivity index (χ2n) is 4.82. The number of fused-ring (bicyclic) bond motifs is 1. The molecular formula is C13H17N7S. The van der Waals surface area contributed by atoms with Crippen molar-refractivity contribution in [2.45, 2.75) is 13.3 Å². The molecule has 3 aromatic heterocycles. The predicted octanol–water partition coefficient (Wildman–Crippen LogP) is 1.67. The Morgan fingerprint density at radius 1 is 1.38 bits per heavy atom. The van der Waals surface area contributed by atoms with Gasteiger partial charge in [0, 0.05) is 24.7 Å². The molecule has 8 heteroatoms. The van der Waals surface area contributed by atoms with Crippen molar-refractivity contribution in [3.8, 4) is 0 Å². The lowest BCUT2D eigenvalue weighted by molar-refractivity contribution is 0.767. The summed E-state index contributed by atoms with van der Waals surface area (Å²) in [5.74, 6) is 6.66. The number of nitrogens with two attached hydrogens (primary N) is 1. The van der Waals surface area contributed by atoms with E-state index < -0.39 is 0 Å². The summed E-state index contributed by atoms with van der Waals surface area (Å²) in [5, 5.41) is 8.55. The van der Waals surface area contributed by atoms with Gasteiger partial charge in [-0.2, -0.15) is 10.1 Å². The van der Waals surface area contributed by atoms with Crippen LogP contribution in [0.2, 0.25) is 0 Å². The van der Waals surface area contributed by atoms with Crippen LogP contribution < -0.4 is 16.6 Å². The van der Waals surface area contributed by atoms with Crippen LogP contribution in [-0.2, 0) is 13.5 Å². The minimum absolute atomic E-state index is 0.424. The average molecular weight is 303 g/mol. The van der Waals surface area contributed by atoms with Crippen molar-refractivity contribution in [3.05, 3.63) is 28.9 Å². The van der Waals surface area contributed by atoms with Crippen molar-refractivity contribution in [3.63, 3.8) is 0 Å². The normalized spacial score (nSPS) is 11.0. The van der Waals surface area contributed by atoms with Crippen LogP contribution in [0.25, 0.3) is 10.2 Å². The number of nitrogens with zero attached hydrogens (tertiary/aromatic N) is 4. The maximum Gasteiger partial charge on any atom is 0.240 e. The lowest BCUT2D eigenvalue weighted by atomic mass is 10.2. The molecule has 0 radical (unpaired) electrons. The highest BCUT2D eigenvalue weighted by molar-refractivity contribution is 7.18. The van der Waals surface area contributed by atoms with Gasteiger partial charge in [-0.15, -0.1) is 11.3 Å². The van der Waals surface area contributed by atoms with E-state index in [4.69, 9.17) is 5.84 Å². The van der Waals surface area contributed by atoms with E-state index in [1.54, 1.807) is 16.0 Å². The van der Waals surface area contributed by atoms with Gasteiger partial charge in [0.2, 0.25) is 5.95 Å². The number of thiophene rings is 1. The van der Waals surface area contributed by atoms with E-state index in [9.17, 15) is 0 Å². The number of nitrogen functional groups attached to an aromatic ring is 1. The molecule has 0 unspecified atom stereocenters. The van der Waals surface area contributed by atoms with Crippen molar-refractivity contribution in [2.24, 2.45) is 12.9 Å². The maximum atomic E-state index is 5.43. The largest absolute Gasteiger partial charge is 0.369 e. The van der Waals surface area contributed by atoms with Gasteiger partial charge in [0.25, 0.3) is 0 Å². The van der Waals surface area contributed by atoms with Gasteiger partial charge in [-0.1, -0.05) is 0 Å². The lowest BCUT2D eigenvalue weighted by Crippen LogP contribution is -2.13. The highest BCUT2D eigenvalue weighted by Crippen LogP contribution is 2.29. The van der Waals surface area contributed by atoms with Crippen molar-refractivity contribution in [1.82, 2.24) is 19.7 Å². The molecule has 21 heavy (non-hydrogen) atoms. The molecule has 4 N–H and O–H groups in total. The highest BCUT2D eigenvalue weighted by Gasteiger charge is 2.10. The minimum Gasteiger partial charge on any atom is -0.369 e. The smallest absolute Gasteiger partial charge is 0.240 e. The molecule has 0 aliphatic heterocycles. The highest BCUT2D eigenvalue weighted by atomic mass is 32.1. The predicted molar refractivity (Wildman–Crippen MR) is 85.4 cm³/mol. The number of aromatic nitrogens is 4. The number of nitrogens with one attached hydrogen (secondary N) is 2. The standard InChI is InChI=1S/C13H17N7S/c1-8-5-10-11(17-13(19-14)18-12(10)21-8)15-4-3-9-6-16-20(2)7-9/h5-7H,3-4,14H2,1-2H3,(H2,15,17,18,19). The molecule has 0 saturated carbocycles. The van der Waals surface area contributed by atoms with Gasteiger partial charge < -0.3 is 5.32 Å². The monoisotopic (exact) mass is 303 g/mol. The van der Waals surface area contributed by atoms with Crippen LogP contribution in [0.15, 0.2) is 18.5 Å². The summed E-state index contributed by atoms with van der Waals surface area (Å²) in [4.78, 5) is 10.9. The summed E-state index contributed by atoms with van der Waals surface area (Å²) in [7, 11) is 1.91. The SMILES string of the molecule is Cc1cc2c(NCCc3cnn(C)c3)nc(NN)nc2s1. The third-order valence-electron chi connectivity index (χ3n) is 3.11. The van der Waals surface area contributed by atoms with Crippen molar-refractivity contribution >= 4 is 33.3 Å². The number of rotatable bonds is 5. The van der Waals surface area contributed by atoms with Crippen LogP contribution in [0.5, 0.6) is 0 Å². The zero-order chi connectivity index (χ0) is 14.8. The molecule has 110 valence electrons. The second kappa shape index (κ2) is 5.66. The van der Waals surface area contributed by atoms with Crippen LogP contribution in [-0.4, -0.2) is 26.3 Å². The molecule has 0 aliphatic rings. The molecule has 0 saturated heterocycles. The Morgan fingerprint density at radius 3 is 2.95 bits per heavy atom. The van der Waals surface area contributed by atoms with E-state index in [0.29, 0.717) is 5.95 Å². The Balaban J connectivity index is 1.78. The number of hydrogen-bond acceptors (Lipinski definition) is 7. The fourth-order valence-electron chi connectivity index (χ4n) is 2.17. The van der Waals surface area contributed by atoms with Crippen LogP contribution in [0, 0.1) is 6.92 Å². The van der Waals surface area contributed by atoms with Gasteiger partial charge in [-0.25, -0.2) is 10.8 Å². The van der Waals surface area contributed by atoms with Gasteiger partial charge in [0.15, 0.2) is 0 Å². The van der Waals surface area contributed by atoms with E-state index in [2.05, 4.69) is 38.8 Å². The Hall–Kier alpha value is -2.19. The molecule has 0 spiro atoms. The van der Waals surface area contributed by atoms with E-state index in [0.717, 1.165) is 29.0 Å². The molecule has 0 fully saturated rings. The third-order valence-corrected chi connectivity index (χ3v) is 4.05. The molecule has 3 aromatic rings. The Labute approximate surface area is 126 Å². The van der Waals surface area contributed by atoms with Crippen LogP contribution in [0.4, 0.5) is 11.8 Å². The van der Waals surface area contributed by atoms with Crippen molar-refractivity contribution < 1.29 is 0 Å². The number of aryl methyl sites for hydroxylation is 2.